The van der Waals surface area contributed by atoms with Gasteiger partial charge in [-0.05, 0) is 18.9 Å². The average Bonchev–Trinajstić information content (AvgIpc) is 2.65. The van der Waals surface area contributed by atoms with Crippen LogP contribution in [0.2, 0.25) is 0 Å². The molecule has 1 aliphatic heterocycles. The van der Waals surface area contributed by atoms with Gasteiger partial charge in [0.25, 0.3) is 0 Å². The van der Waals surface area contributed by atoms with Crippen LogP contribution in [0, 0.1) is 0 Å². The number of anilines is 1. The van der Waals surface area contributed by atoms with E-state index in [2.05, 4.69) is 10.2 Å². The third-order valence-electron chi connectivity index (χ3n) is 2.23. The number of ether oxygens (including phenoxy) is 1. The van der Waals surface area contributed by atoms with Gasteiger partial charge in [0.1, 0.15) is 17.7 Å². The maximum atomic E-state index is 9.88. The summed E-state index contributed by atoms with van der Waals surface area (Å²) in [7, 11) is 0. The predicted molar refractivity (Wildman–Crippen MR) is 51.2 cm³/mol. The molecule has 0 aromatic carbocycles. The van der Waals surface area contributed by atoms with Gasteiger partial charge in [-0.15, -0.1) is 0 Å². The molecule has 0 amide bonds. The Morgan fingerprint density at radius 3 is 3.07 bits per heavy atom. The first-order valence-corrected chi connectivity index (χ1v) is 4.58. The van der Waals surface area contributed by atoms with E-state index in [1.54, 1.807) is 0 Å². The molecule has 1 atom stereocenters. The van der Waals surface area contributed by atoms with Crippen molar-refractivity contribution in [3.63, 3.8) is 0 Å². The Balaban J connectivity index is 2.19. The van der Waals surface area contributed by atoms with Crippen LogP contribution in [-0.4, -0.2) is 21.9 Å². The lowest BCUT2D eigenvalue weighted by atomic mass is 10.1. The summed E-state index contributed by atoms with van der Waals surface area (Å²) < 4.78 is 5.33. The van der Waals surface area contributed by atoms with Gasteiger partial charge < -0.3 is 15.6 Å². The van der Waals surface area contributed by atoms with E-state index in [0.717, 1.165) is 12.8 Å². The second kappa shape index (κ2) is 3.71. The summed E-state index contributed by atoms with van der Waals surface area (Å²) in [6.07, 6.45) is 4.54. The summed E-state index contributed by atoms with van der Waals surface area (Å²) in [5, 5.41) is 16.2. The summed E-state index contributed by atoms with van der Waals surface area (Å²) in [6.45, 7) is 0.653. The molecular weight excluding hydrogens is 182 g/mol. The maximum absolute atomic E-state index is 9.88. The van der Waals surface area contributed by atoms with E-state index < -0.39 is 6.10 Å². The highest BCUT2D eigenvalue weighted by atomic mass is 16.5. The molecule has 0 bridgehead atoms. The second-order valence-electron chi connectivity index (χ2n) is 3.24. The Kier molecular flexibility index (Phi) is 2.41. The fraction of sp³-hybridized carbons (Fsp3) is 0.444. The third-order valence-corrected chi connectivity index (χ3v) is 2.23. The van der Waals surface area contributed by atoms with Crippen molar-refractivity contribution in [2.24, 2.45) is 0 Å². The SMILES string of the molecule is Nc1[nH]ncc1C(O)C1=CCCCO1. The summed E-state index contributed by atoms with van der Waals surface area (Å²) in [4.78, 5) is 0. The highest BCUT2D eigenvalue weighted by molar-refractivity contribution is 5.41. The van der Waals surface area contributed by atoms with E-state index in [9.17, 15) is 5.11 Å². The molecule has 0 saturated heterocycles. The lowest BCUT2D eigenvalue weighted by molar-refractivity contribution is 0.0922. The van der Waals surface area contributed by atoms with Crippen LogP contribution in [0.15, 0.2) is 18.0 Å². The Labute approximate surface area is 81.6 Å². The quantitative estimate of drug-likeness (QED) is 0.649. The summed E-state index contributed by atoms with van der Waals surface area (Å²) in [5.41, 5.74) is 6.16. The molecule has 0 saturated carbocycles. The smallest absolute Gasteiger partial charge is 0.141 e. The number of hydrogen-bond acceptors (Lipinski definition) is 4. The van der Waals surface area contributed by atoms with E-state index in [-0.39, 0.29) is 0 Å². The average molecular weight is 195 g/mol. The van der Waals surface area contributed by atoms with E-state index in [1.807, 2.05) is 6.08 Å². The van der Waals surface area contributed by atoms with Crippen LogP contribution in [0.1, 0.15) is 24.5 Å². The van der Waals surface area contributed by atoms with Crippen LogP contribution < -0.4 is 5.73 Å². The Morgan fingerprint density at radius 2 is 2.50 bits per heavy atom. The number of rotatable bonds is 2. The molecule has 1 aromatic rings. The molecule has 2 heterocycles. The number of nitrogens with two attached hydrogens (primary N) is 1. The van der Waals surface area contributed by atoms with Crippen LogP contribution in [0.3, 0.4) is 0 Å². The normalized spacial score (nSPS) is 18.5. The Hall–Kier alpha value is -1.49. The van der Waals surface area contributed by atoms with Crippen molar-refractivity contribution < 1.29 is 9.84 Å². The van der Waals surface area contributed by atoms with E-state index in [1.165, 1.54) is 6.20 Å². The van der Waals surface area contributed by atoms with Crippen LogP contribution in [0.5, 0.6) is 0 Å². The first-order chi connectivity index (χ1) is 6.79. The minimum absolute atomic E-state index is 0.382. The van der Waals surface area contributed by atoms with Gasteiger partial charge in [0.2, 0.25) is 0 Å². The minimum Gasteiger partial charge on any atom is -0.495 e. The van der Waals surface area contributed by atoms with Gasteiger partial charge in [-0.25, -0.2) is 0 Å². The largest absolute Gasteiger partial charge is 0.495 e. The molecule has 0 radical (unpaired) electrons. The van der Waals surface area contributed by atoms with Crippen molar-refractivity contribution in [2.75, 3.05) is 12.3 Å². The fourth-order valence-corrected chi connectivity index (χ4v) is 1.44. The van der Waals surface area contributed by atoms with Gasteiger partial charge in [0.15, 0.2) is 0 Å². The number of nitrogens with one attached hydrogen (secondary N) is 1. The van der Waals surface area contributed by atoms with E-state index in [4.69, 9.17) is 10.5 Å². The standard InChI is InChI=1S/C9H13N3O2/c10-9-6(5-11-12-9)8(13)7-3-1-2-4-14-7/h3,5,8,13H,1-2,4H2,(H3,10,11,12). The molecule has 4 N–H and O–H groups in total. The van der Waals surface area contributed by atoms with Crippen molar-refractivity contribution in [1.82, 2.24) is 10.2 Å². The Bertz CT molecular complexity index is 346. The fourth-order valence-electron chi connectivity index (χ4n) is 1.44. The summed E-state index contributed by atoms with van der Waals surface area (Å²) in [6, 6.07) is 0. The molecule has 0 spiro atoms. The van der Waals surface area contributed by atoms with Crippen LogP contribution in [-0.2, 0) is 4.74 Å². The van der Waals surface area contributed by atoms with E-state index >= 15 is 0 Å². The lowest BCUT2D eigenvalue weighted by Crippen LogP contribution is -2.10. The zero-order chi connectivity index (χ0) is 9.97. The summed E-state index contributed by atoms with van der Waals surface area (Å²) >= 11 is 0. The number of aliphatic hydroxyl groups excluding tert-OH is 1. The summed E-state index contributed by atoms with van der Waals surface area (Å²) in [5.74, 6) is 0.955. The van der Waals surface area contributed by atoms with Gasteiger partial charge >= 0.3 is 0 Å². The number of nitrogens with zero attached hydrogens (tertiary/aromatic N) is 1. The van der Waals surface area contributed by atoms with Crippen molar-refractivity contribution in [2.45, 2.75) is 18.9 Å². The molecule has 1 unspecified atom stereocenters. The van der Waals surface area contributed by atoms with E-state index in [0.29, 0.717) is 23.7 Å². The van der Waals surface area contributed by atoms with Crippen LogP contribution in [0.25, 0.3) is 0 Å². The van der Waals surface area contributed by atoms with Crippen LogP contribution in [0.4, 0.5) is 5.82 Å². The first-order valence-electron chi connectivity index (χ1n) is 4.58. The minimum atomic E-state index is -0.797. The molecule has 5 nitrogen and oxygen atoms in total. The second-order valence-corrected chi connectivity index (χ2v) is 3.24. The number of allylic oxidation sites excluding steroid dienone is 1. The maximum Gasteiger partial charge on any atom is 0.141 e. The number of H-pyrrole nitrogens is 1. The lowest BCUT2D eigenvalue weighted by Gasteiger charge is -2.19. The molecule has 76 valence electrons. The number of aliphatic hydroxyl groups is 1. The van der Waals surface area contributed by atoms with Crippen molar-refractivity contribution in [3.8, 4) is 0 Å². The Morgan fingerprint density at radius 1 is 1.64 bits per heavy atom. The van der Waals surface area contributed by atoms with Crippen molar-refractivity contribution in [3.05, 3.63) is 23.6 Å². The highest BCUT2D eigenvalue weighted by Gasteiger charge is 2.20. The topological polar surface area (TPSA) is 84.2 Å². The van der Waals surface area contributed by atoms with Gasteiger partial charge in [-0.3, -0.25) is 5.10 Å². The molecule has 2 rings (SSSR count). The predicted octanol–water partition coefficient (Wildman–Crippen LogP) is 0.720. The zero-order valence-electron chi connectivity index (χ0n) is 7.73. The first kappa shape index (κ1) is 9.08. The third kappa shape index (κ3) is 1.58. The number of aromatic nitrogens is 2. The van der Waals surface area contributed by atoms with Crippen LogP contribution >= 0.6 is 0 Å². The number of hydrogen-bond donors (Lipinski definition) is 3. The van der Waals surface area contributed by atoms with Crippen molar-refractivity contribution >= 4 is 5.82 Å². The number of nitrogen functional groups attached to an aromatic ring is 1. The van der Waals surface area contributed by atoms with Gasteiger partial charge in [-0.2, -0.15) is 5.10 Å². The number of aromatic amines is 1. The zero-order valence-corrected chi connectivity index (χ0v) is 7.73. The van der Waals surface area contributed by atoms with Gasteiger partial charge in [0.05, 0.1) is 12.8 Å². The molecule has 14 heavy (non-hydrogen) atoms. The molecule has 5 heteroatoms. The van der Waals surface area contributed by atoms with Gasteiger partial charge in [0, 0.05) is 5.56 Å². The monoisotopic (exact) mass is 195 g/mol. The molecule has 0 aliphatic carbocycles. The highest BCUT2D eigenvalue weighted by Crippen LogP contribution is 2.27. The molecule has 1 aliphatic rings. The molecule has 1 aromatic heterocycles. The molecular formula is C9H13N3O2. The van der Waals surface area contributed by atoms with Crippen molar-refractivity contribution in [1.29, 1.82) is 0 Å². The molecule has 0 fully saturated rings. The van der Waals surface area contributed by atoms with Gasteiger partial charge in [-0.1, -0.05) is 0 Å².